The van der Waals surface area contributed by atoms with Crippen LogP contribution in [0.2, 0.25) is 0 Å². The molecule has 33 heavy (non-hydrogen) atoms. The number of hydrogen-bond donors (Lipinski definition) is 1. The van der Waals surface area contributed by atoms with E-state index in [2.05, 4.69) is 69.6 Å². The molecule has 2 aromatic heterocycles. The predicted octanol–water partition coefficient (Wildman–Crippen LogP) is 4.48. The van der Waals surface area contributed by atoms with E-state index < -0.39 is 0 Å². The monoisotopic (exact) mass is 440 g/mol. The molecular formula is C26H28N6O. The molecule has 7 heteroatoms. The number of H-pyrrole nitrogens is 1. The third-order valence-electron chi connectivity index (χ3n) is 7.29. The summed E-state index contributed by atoms with van der Waals surface area (Å²) in [6.07, 6.45) is 5.46. The maximum Gasteiger partial charge on any atom is 0.254 e. The van der Waals surface area contributed by atoms with Gasteiger partial charge in [0.2, 0.25) is 0 Å². The van der Waals surface area contributed by atoms with Crippen molar-refractivity contribution < 1.29 is 0 Å². The van der Waals surface area contributed by atoms with Gasteiger partial charge in [0.25, 0.3) is 5.56 Å². The third-order valence-corrected chi connectivity index (χ3v) is 7.29. The van der Waals surface area contributed by atoms with E-state index in [9.17, 15) is 4.79 Å². The van der Waals surface area contributed by atoms with Crippen molar-refractivity contribution in [2.75, 3.05) is 4.90 Å². The molecule has 2 aromatic carbocycles. The van der Waals surface area contributed by atoms with Gasteiger partial charge in [0, 0.05) is 22.8 Å². The first-order valence-corrected chi connectivity index (χ1v) is 11.9. The van der Waals surface area contributed by atoms with Gasteiger partial charge >= 0.3 is 0 Å². The van der Waals surface area contributed by atoms with Gasteiger partial charge in [-0.3, -0.25) is 4.79 Å². The molecule has 1 aliphatic heterocycles. The Bertz CT molecular complexity index is 1380. The highest BCUT2D eigenvalue weighted by Crippen LogP contribution is 2.42. The van der Waals surface area contributed by atoms with E-state index in [0.29, 0.717) is 5.56 Å². The van der Waals surface area contributed by atoms with E-state index in [0.717, 1.165) is 47.2 Å². The summed E-state index contributed by atoms with van der Waals surface area (Å²) < 4.78 is 1.99. The van der Waals surface area contributed by atoms with E-state index in [4.69, 9.17) is 0 Å². The van der Waals surface area contributed by atoms with E-state index in [1.54, 1.807) is 0 Å². The van der Waals surface area contributed by atoms with E-state index in [1.165, 1.54) is 18.4 Å². The van der Waals surface area contributed by atoms with Gasteiger partial charge in [0.05, 0.1) is 6.04 Å². The Hall–Kier alpha value is -3.48. The summed E-state index contributed by atoms with van der Waals surface area (Å²) in [4.78, 5) is 19.0. The van der Waals surface area contributed by atoms with E-state index in [1.807, 2.05) is 22.9 Å². The maximum atomic E-state index is 13.5. The smallest absolute Gasteiger partial charge is 0.254 e. The molecule has 3 heterocycles. The molecule has 0 saturated heterocycles. The number of aromatic nitrogens is 5. The van der Waals surface area contributed by atoms with Crippen molar-refractivity contribution in [1.29, 1.82) is 0 Å². The summed E-state index contributed by atoms with van der Waals surface area (Å²) in [6, 6.07) is 16.8. The van der Waals surface area contributed by atoms with E-state index in [-0.39, 0.29) is 23.7 Å². The Balaban J connectivity index is 1.59. The fourth-order valence-corrected chi connectivity index (χ4v) is 5.73. The fourth-order valence-electron chi connectivity index (χ4n) is 5.73. The van der Waals surface area contributed by atoms with Gasteiger partial charge in [-0.2, -0.15) is 0 Å². The average Bonchev–Trinajstić information content (AvgIpc) is 3.55. The van der Waals surface area contributed by atoms with Crippen molar-refractivity contribution in [3.63, 3.8) is 0 Å². The standard InChI is InChI=1S/C26H28N6O/c1-16-11-12-22-19(13-16)15-21(26(33)27-22)24(25-28-29-30-32(25)20-8-4-5-9-20)31-17(2)14-18-7-3-6-10-23(18)31/h3,6-7,10-13,15,17,20,24H,4-5,8-9,14H2,1-2H3,(H,27,33)/t17-,24+/m1/s1. The van der Waals surface area contributed by atoms with Gasteiger partial charge in [0.1, 0.15) is 6.04 Å². The first-order chi connectivity index (χ1) is 16.1. The Morgan fingerprint density at radius 3 is 2.76 bits per heavy atom. The Kier molecular flexibility index (Phi) is 4.78. The molecule has 0 spiro atoms. The van der Waals surface area contributed by atoms with Crippen molar-refractivity contribution >= 4 is 16.6 Å². The number of pyridine rings is 1. The molecule has 1 aliphatic carbocycles. The summed E-state index contributed by atoms with van der Waals surface area (Å²) in [6.45, 7) is 4.29. The largest absolute Gasteiger partial charge is 0.354 e. The molecule has 6 rings (SSSR count). The lowest BCUT2D eigenvalue weighted by Gasteiger charge is -2.34. The zero-order valence-corrected chi connectivity index (χ0v) is 19.0. The quantitative estimate of drug-likeness (QED) is 0.506. The molecule has 1 fully saturated rings. The minimum atomic E-state index is -0.368. The number of anilines is 1. The molecule has 7 nitrogen and oxygen atoms in total. The second-order valence-electron chi connectivity index (χ2n) is 9.56. The summed E-state index contributed by atoms with van der Waals surface area (Å²) >= 11 is 0. The number of fused-ring (bicyclic) bond motifs is 2. The first kappa shape index (κ1) is 20.1. The number of aryl methyl sites for hydroxylation is 1. The van der Waals surface area contributed by atoms with Crippen LogP contribution < -0.4 is 10.5 Å². The van der Waals surface area contributed by atoms with Crippen LogP contribution in [0.3, 0.4) is 0 Å². The number of aromatic amines is 1. The van der Waals surface area contributed by atoms with Crippen LogP contribution in [0.25, 0.3) is 10.9 Å². The summed E-state index contributed by atoms with van der Waals surface area (Å²) in [7, 11) is 0. The molecular weight excluding hydrogens is 412 g/mol. The van der Waals surface area contributed by atoms with Crippen LogP contribution in [0.1, 0.15) is 67.2 Å². The minimum absolute atomic E-state index is 0.0890. The second kappa shape index (κ2) is 7.83. The van der Waals surface area contributed by atoms with Crippen molar-refractivity contribution in [3.8, 4) is 0 Å². The topological polar surface area (TPSA) is 79.7 Å². The molecule has 0 radical (unpaired) electrons. The molecule has 1 N–H and O–H groups in total. The number of nitrogens with zero attached hydrogens (tertiary/aromatic N) is 5. The molecule has 2 aliphatic rings. The fraction of sp³-hybridized carbons (Fsp3) is 0.385. The van der Waals surface area contributed by atoms with Crippen LogP contribution in [-0.2, 0) is 6.42 Å². The molecule has 0 unspecified atom stereocenters. The number of tetrazole rings is 1. The van der Waals surface area contributed by atoms with Crippen LogP contribution in [0.4, 0.5) is 5.69 Å². The van der Waals surface area contributed by atoms with Gasteiger partial charge in [-0.1, -0.05) is 42.7 Å². The van der Waals surface area contributed by atoms with Gasteiger partial charge in [-0.05, 0) is 78.8 Å². The summed E-state index contributed by atoms with van der Waals surface area (Å²) in [5.74, 6) is 0.753. The van der Waals surface area contributed by atoms with Crippen LogP contribution in [-0.4, -0.2) is 31.2 Å². The predicted molar refractivity (Wildman–Crippen MR) is 129 cm³/mol. The number of benzene rings is 2. The van der Waals surface area contributed by atoms with Gasteiger partial charge in [-0.25, -0.2) is 4.68 Å². The third kappa shape index (κ3) is 3.34. The van der Waals surface area contributed by atoms with Crippen molar-refractivity contribution in [3.05, 3.63) is 81.4 Å². The molecule has 0 amide bonds. The minimum Gasteiger partial charge on any atom is -0.354 e. The van der Waals surface area contributed by atoms with Crippen LogP contribution in [0, 0.1) is 6.92 Å². The normalized spacial score (nSPS) is 19.3. The highest BCUT2D eigenvalue weighted by molar-refractivity contribution is 5.80. The maximum absolute atomic E-state index is 13.5. The van der Waals surface area contributed by atoms with Crippen molar-refractivity contribution in [2.45, 2.75) is 64.1 Å². The van der Waals surface area contributed by atoms with Gasteiger partial charge < -0.3 is 9.88 Å². The zero-order valence-electron chi connectivity index (χ0n) is 19.0. The van der Waals surface area contributed by atoms with Crippen molar-refractivity contribution in [1.82, 2.24) is 25.2 Å². The summed E-state index contributed by atoms with van der Waals surface area (Å²) in [5.41, 5.74) is 5.05. The number of nitrogens with one attached hydrogen (secondary N) is 1. The Morgan fingerprint density at radius 2 is 1.91 bits per heavy atom. The van der Waals surface area contributed by atoms with Crippen LogP contribution in [0.5, 0.6) is 0 Å². The summed E-state index contributed by atoms with van der Waals surface area (Å²) in [5, 5.41) is 14.1. The lowest BCUT2D eigenvalue weighted by Crippen LogP contribution is -2.39. The molecule has 0 bridgehead atoms. The number of para-hydroxylation sites is 1. The van der Waals surface area contributed by atoms with E-state index >= 15 is 0 Å². The van der Waals surface area contributed by atoms with Gasteiger partial charge in [-0.15, -0.1) is 5.10 Å². The van der Waals surface area contributed by atoms with Crippen molar-refractivity contribution in [2.24, 2.45) is 0 Å². The Morgan fingerprint density at radius 1 is 1.09 bits per heavy atom. The number of rotatable bonds is 4. The molecule has 168 valence electrons. The second-order valence-corrected chi connectivity index (χ2v) is 9.56. The zero-order chi connectivity index (χ0) is 22.5. The molecule has 2 atom stereocenters. The van der Waals surface area contributed by atoms with Crippen LogP contribution in [0.15, 0.2) is 53.3 Å². The average molecular weight is 441 g/mol. The molecule has 1 saturated carbocycles. The van der Waals surface area contributed by atoms with Crippen LogP contribution >= 0.6 is 0 Å². The number of hydrogen-bond acceptors (Lipinski definition) is 5. The first-order valence-electron chi connectivity index (χ1n) is 11.9. The van der Waals surface area contributed by atoms with Gasteiger partial charge in [0.15, 0.2) is 5.82 Å². The lowest BCUT2D eigenvalue weighted by atomic mass is 10.0. The lowest BCUT2D eigenvalue weighted by molar-refractivity contribution is 0.423. The SMILES string of the molecule is Cc1ccc2[nH]c(=O)c([C@@H](c3nnnn3C3CCCC3)N3c4ccccc4C[C@H]3C)cc2c1. The molecule has 4 aromatic rings. The highest BCUT2D eigenvalue weighted by Gasteiger charge is 2.39. The Labute approximate surface area is 192 Å². The highest BCUT2D eigenvalue weighted by atomic mass is 16.1.